The lowest BCUT2D eigenvalue weighted by Gasteiger charge is -2.06. The molecule has 0 saturated heterocycles. The summed E-state index contributed by atoms with van der Waals surface area (Å²) in [5.41, 5.74) is 1.87. The van der Waals surface area contributed by atoms with E-state index in [4.69, 9.17) is 14.3 Å². The van der Waals surface area contributed by atoms with Gasteiger partial charge in [-0.2, -0.15) is 0 Å². The van der Waals surface area contributed by atoms with Crippen LogP contribution in [-0.2, 0) is 26.3 Å². The van der Waals surface area contributed by atoms with Crippen molar-refractivity contribution < 1.29 is 14.3 Å². The van der Waals surface area contributed by atoms with Gasteiger partial charge in [-0.1, -0.05) is 12.1 Å². The molecule has 6 heteroatoms. The predicted molar refractivity (Wildman–Crippen MR) is 88.1 cm³/mol. The van der Waals surface area contributed by atoms with Crippen molar-refractivity contribution in [2.45, 2.75) is 26.3 Å². The van der Waals surface area contributed by atoms with E-state index in [0.717, 1.165) is 23.1 Å². The number of thiazole rings is 1. The number of benzene rings is 1. The highest BCUT2D eigenvalue weighted by Crippen LogP contribution is 2.16. The third-order valence-corrected chi connectivity index (χ3v) is 4.13. The smallest absolute Gasteiger partial charge is 0.140 e. The number of aliphatic hydroxyl groups excluding tert-OH is 1. The first-order valence-corrected chi connectivity index (χ1v) is 8.20. The van der Waals surface area contributed by atoms with Crippen LogP contribution >= 0.6 is 11.3 Å². The fourth-order valence-electron chi connectivity index (χ4n) is 2.08. The zero-order chi connectivity index (χ0) is 15.9. The normalized spacial score (nSPS) is 10.8. The Morgan fingerprint density at radius 1 is 1.17 bits per heavy atom. The summed E-state index contributed by atoms with van der Waals surface area (Å²) in [6.07, 6.45) is 1.68. The molecule has 0 bridgehead atoms. The van der Waals surface area contributed by atoms with Crippen molar-refractivity contribution in [2.75, 3.05) is 0 Å². The van der Waals surface area contributed by atoms with Crippen LogP contribution in [0.1, 0.15) is 22.0 Å². The Hall–Kier alpha value is -2.15. The first kappa shape index (κ1) is 15.7. The van der Waals surface area contributed by atoms with Gasteiger partial charge in [-0.05, 0) is 29.8 Å². The largest absolute Gasteiger partial charge is 0.486 e. The van der Waals surface area contributed by atoms with Gasteiger partial charge in [0, 0.05) is 11.9 Å². The van der Waals surface area contributed by atoms with Gasteiger partial charge in [0.2, 0.25) is 0 Å². The van der Waals surface area contributed by atoms with Crippen LogP contribution in [0, 0.1) is 0 Å². The summed E-state index contributed by atoms with van der Waals surface area (Å²) in [4.78, 5) is 4.25. The highest BCUT2D eigenvalue weighted by molar-refractivity contribution is 7.09. The van der Waals surface area contributed by atoms with Crippen LogP contribution < -0.4 is 10.1 Å². The lowest BCUT2D eigenvalue weighted by atomic mass is 10.2. The van der Waals surface area contributed by atoms with Gasteiger partial charge >= 0.3 is 0 Å². The monoisotopic (exact) mass is 330 g/mol. The molecule has 3 aromatic rings. The number of hydrogen-bond donors (Lipinski definition) is 2. The second-order valence-electron chi connectivity index (χ2n) is 5.01. The highest BCUT2D eigenvalue weighted by Gasteiger charge is 2.03. The summed E-state index contributed by atoms with van der Waals surface area (Å²) in [6, 6.07) is 11.8. The minimum atomic E-state index is -0.0315. The van der Waals surface area contributed by atoms with E-state index in [1.165, 1.54) is 16.9 Å². The van der Waals surface area contributed by atoms with E-state index in [2.05, 4.69) is 10.3 Å². The minimum Gasteiger partial charge on any atom is -0.486 e. The Morgan fingerprint density at radius 2 is 2.04 bits per heavy atom. The van der Waals surface area contributed by atoms with Crippen LogP contribution in [0.3, 0.4) is 0 Å². The molecule has 5 nitrogen and oxygen atoms in total. The van der Waals surface area contributed by atoms with E-state index in [9.17, 15) is 0 Å². The van der Waals surface area contributed by atoms with Crippen molar-refractivity contribution >= 4 is 11.3 Å². The average Bonchev–Trinajstić information content (AvgIpc) is 3.25. The first-order valence-electron chi connectivity index (χ1n) is 7.32. The van der Waals surface area contributed by atoms with Gasteiger partial charge in [0.15, 0.2) is 0 Å². The molecule has 0 saturated carbocycles. The fourth-order valence-corrected chi connectivity index (χ4v) is 2.78. The lowest BCUT2D eigenvalue weighted by molar-refractivity contribution is 0.275. The fraction of sp³-hybridized carbons (Fsp3) is 0.235. The Kier molecular flexibility index (Phi) is 5.42. The molecule has 0 radical (unpaired) electrons. The number of furan rings is 1. The number of hydrogen-bond acceptors (Lipinski definition) is 6. The van der Waals surface area contributed by atoms with Crippen molar-refractivity contribution in [2.24, 2.45) is 0 Å². The summed E-state index contributed by atoms with van der Waals surface area (Å²) in [5.74, 6) is 1.73. The van der Waals surface area contributed by atoms with Crippen molar-refractivity contribution in [3.63, 3.8) is 0 Å². The summed E-state index contributed by atoms with van der Waals surface area (Å²) in [7, 11) is 0. The maximum atomic E-state index is 8.99. The standard InChI is InChI=1S/C17H18N2O3S/c20-10-14-12-23-17(19-14)11-22-15-5-3-13(4-6-15)8-18-9-16-2-1-7-21-16/h1-7,12,18,20H,8-11H2. The molecule has 0 amide bonds. The molecule has 0 aliphatic carbocycles. The molecule has 0 spiro atoms. The third kappa shape index (κ3) is 4.66. The molecule has 2 N–H and O–H groups in total. The van der Waals surface area contributed by atoms with Crippen molar-refractivity contribution in [1.29, 1.82) is 0 Å². The number of nitrogens with one attached hydrogen (secondary N) is 1. The van der Waals surface area contributed by atoms with E-state index in [1.54, 1.807) is 6.26 Å². The van der Waals surface area contributed by atoms with E-state index in [-0.39, 0.29) is 6.61 Å². The predicted octanol–water partition coefficient (Wildman–Crippen LogP) is 3.10. The topological polar surface area (TPSA) is 67.5 Å². The number of aromatic nitrogens is 1. The van der Waals surface area contributed by atoms with Gasteiger partial charge < -0.3 is 19.6 Å². The number of nitrogens with zero attached hydrogens (tertiary/aromatic N) is 1. The number of rotatable bonds is 8. The van der Waals surface area contributed by atoms with Gasteiger partial charge in [0.25, 0.3) is 0 Å². The van der Waals surface area contributed by atoms with Crippen molar-refractivity contribution in [3.8, 4) is 5.75 Å². The van der Waals surface area contributed by atoms with Crippen LogP contribution in [0.2, 0.25) is 0 Å². The number of ether oxygens (including phenoxy) is 1. The maximum absolute atomic E-state index is 8.99. The minimum absolute atomic E-state index is 0.0315. The summed E-state index contributed by atoms with van der Waals surface area (Å²) in [6.45, 7) is 1.87. The summed E-state index contributed by atoms with van der Waals surface area (Å²) < 4.78 is 11.0. The summed E-state index contributed by atoms with van der Waals surface area (Å²) >= 11 is 1.49. The Labute approximate surface area is 138 Å². The molecular formula is C17H18N2O3S. The number of aliphatic hydroxyl groups is 1. The van der Waals surface area contributed by atoms with E-state index < -0.39 is 0 Å². The SMILES string of the molecule is OCc1csc(COc2ccc(CNCc3ccco3)cc2)n1. The van der Waals surface area contributed by atoms with E-state index in [0.29, 0.717) is 18.8 Å². The molecule has 0 aliphatic heterocycles. The molecule has 0 atom stereocenters. The molecule has 2 aromatic heterocycles. The van der Waals surface area contributed by atoms with Crippen molar-refractivity contribution in [3.05, 3.63) is 70.1 Å². The molecule has 0 fully saturated rings. The van der Waals surface area contributed by atoms with Crippen LogP contribution in [0.15, 0.2) is 52.5 Å². The Balaban J connectivity index is 1.44. The van der Waals surface area contributed by atoms with E-state index in [1.807, 2.05) is 41.8 Å². The molecule has 3 rings (SSSR count). The Morgan fingerprint density at radius 3 is 2.74 bits per heavy atom. The van der Waals surface area contributed by atoms with Gasteiger partial charge in [-0.3, -0.25) is 0 Å². The molecule has 0 unspecified atom stereocenters. The van der Waals surface area contributed by atoms with Crippen LogP contribution in [0.25, 0.3) is 0 Å². The Bertz CT molecular complexity index is 708. The highest BCUT2D eigenvalue weighted by atomic mass is 32.1. The lowest BCUT2D eigenvalue weighted by Crippen LogP contribution is -2.11. The molecule has 2 heterocycles. The zero-order valence-electron chi connectivity index (χ0n) is 12.6. The molecule has 120 valence electrons. The molecule has 1 aromatic carbocycles. The first-order chi connectivity index (χ1) is 11.3. The second kappa shape index (κ2) is 7.92. The van der Waals surface area contributed by atoms with Crippen LogP contribution in [0.5, 0.6) is 5.75 Å². The van der Waals surface area contributed by atoms with Gasteiger partial charge in [0.1, 0.15) is 23.1 Å². The summed E-state index contributed by atoms with van der Waals surface area (Å²) in [5, 5.41) is 15.0. The van der Waals surface area contributed by atoms with Crippen LogP contribution in [-0.4, -0.2) is 10.1 Å². The quantitative estimate of drug-likeness (QED) is 0.664. The average molecular weight is 330 g/mol. The van der Waals surface area contributed by atoms with Gasteiger partial charge in [-0.25, -0.2) is 4.98 Å². The molecular weight excluding hydrogens is 312 g/mol. The van der Waals surface area contributed by atoms with Gasteiger partial charge in [0.05, 0.1) is 25.1 Å². The molecule has 0 aliphatic rings. The van der Waals surface area contributed by atoms with E-state index >= 15 is 0 Å². The van der Waals surface area contributed by atoms with Gasteiger partial charge in [-0.15, -0.1) is 11.3 Å². The third-order valence-electron chi connectivity index (χ3n) is 3.26. The van der Waals surface area contributed by atoms with Crippen LogP contribution in [0.4, 0.5) is 0 Å². The second-order valence-corrected chi connectivity index (χ2v) is 5.95. The maximum Gasteiger partial charge on any atom is 0.140 e. The molecule has 23 heavy (non-hydrogen) atoms. The van der Waals surface area contributed by atoms with Crippen molar-refractivity contribution in [1.82, 2.24) is 10.3 Å². The zero-order valence-corrected chi connectivity index (χ0v) is 13.4.